The Morgan fingerprint density at radius 2 is 1.42 bits per heavy atom. The number of benzene rings is 3. The second-order valence-corrected chi connectivity index (χ2v) is 5.19. The number of para-hydroxylation sites is 1. The molecule has 0 heterocycles. The largest absolute Gasteiger partial charge is 0.508 e. The molecule has 3 N–H and O–H groups in total. The molecule has 0 saturated carbocycles. The van der Waals surface area contributed by atoms with Crippen LogP contribution in [0.1, 0.15) is 10.4 Å². The fraction of sp³-hybridized carbons (Fsp3) is 0. The maximum atomic E-state index is 13.0. The molecule has 3 aromatic rings. The first-order chi connectivity index (χ1) is 11.6. The SMILES string of the molecule is O=C(c1ccccc1O)N(c1ccc(O)cc1)c1cccc(O)c1. The Morgan fingerprint density at radius 3 is 2.08 bits per heavy atom. The maximum Gasteiger partial charge on any atom is 0.266 e. The van der Waals surface area contributed by atoms with E-state index < -0.39 is 5.91 Å². The molecular formula is C19H15NO4. The molecule has 0 unspecified atom stereocenters. The Labute approximate surface area is 138 Å². The van der Waals surface area contributed by atoms with Gasteiger partial charge in [0.15, 0.2) is 0 Å². The van der Waals surface area contributed by atoms with E-state index in [0.29, 0.717) is 11.4 Å². The van der Waals surface area contributed by atoms with Crippen molar-refractivity contribution in [3.8, 4) is 17.2 Å². The molecule has 0 spiro atoms. The van der Waals surface area contributed by atoms with E-state index >= 15 is 0 Å². The molecule has 5 heteroatoms. The van der Waals surface area contributed by atoms with E-state index in [1.165, 1.54) is 41.3 Å². The topological polar surface area (TPSA) is 81.0 Å². The van der Waals surface area contributed by atoms with E-state index in [2.05, 4.69) is 0 Å². The number of nitrogens with zero attached hydrogens (tertiary/aromatic N) is 1. The van der Waals surface area contributed by atoms with Crippen LogP contribution in [0.15, 0.2) is 72.8 Å². The first-order valence-electron chi connectivity index (χ1n) is 7.27. The molecule has 0 bridgehead atoms. The van der Waals surface area contributed by atoms with Crippen LogP contribution in [0.4, 0.5) is 11.4 Å². The maximum absolute atomic E-state index is 13.0. The smallest absolute Gasteiger partial charge is 0.266 e. The molecule has 0 aliphatic carbocycles. The number of phenols is 3. The third-order valence-corrected chi connectivity index (χ3v) is 3.53. The van der Waals surface area contributed by atoms with Crippen molar-refractivity contribution in [1.29, 1.82) is 0 Å². The molecule has 0 aromatic heterocycles. The first kappa shape index (κ1) is 15.4. The summed E-state index contributed by atoms with van der Waals surface area (Å²) in [5, 5.41) is 29.2. The number of aromatic hydroxyl groups is 3. The predicted octanol–water partition coefficient (Wildman–Crippen LogP) is 3.78. The number of phenolic OH excluding ortho intramolecular Hbond substituents is 3. The minimum absolute atomic E-state index is 0.0151. The summed E-state index contributed by atoms with van der Waals surface area (Å²) in [4.78, 5) is 14.3. The third-order valence-electron chi connectivity index (χ3n) is 3.53. The highest BCUT2D eigenvalue weighted by molar-refractivity contribution is 6.12. The first-order valence-corrected chi connectivity index (χ1v) is 7.27. The predicted molar refractivity (Wildman–Crippen MR) is 90.8 cm³/mol. The van der Waals surface area contributed by atoms with Crippen LogP contribution in [0.2, 0.25) is 0 Å². The van der Waals surface area contributed by atoms with Crippen LogP contribution in [0, 0.1) is 0 Å². The average molecular weight is 321 g/mol. The molecule has 3 rings (SSSR count). The van der Waals surface area contributed by atoms with Crippen LogP contribution in [-0.4, -0.2) is 21.2 Å². The molecule has 0 aliphatic rings. The van der Waals surface area contributed by atoms with Gasteiger partial charge in [0, 0.05) is 11.8 Å². The summed E-state index contributed by atoms with van der Waals surface area (Å²) >= 11 is 0. The fourth-order valence-electron chi connectivity index (χ4n) is 2.39. The van der Waals surface area contributed by atoms with Crippen molar-refractivity contribution >= 4 is 17.3 Å². The molecule has 1 amide bonds. The van der Waals surface area contributed by atoms with Crippen LogP contribution >= 0.6 is 0 Å². The van der Waals surface area contributed by atoms with Crippen LogP contribution in [0.3, 0.4) is 0 Å². The lowest BCUT2D eigenvalue weighted by Gasteiger charge is -2.23. The van der Waals surface area contributed by atoms with Crippen molar-refractivity contribution in [2.24, 2.45) is 0 Å². The number of carbonyl (C=O) groups excluding carboxylic acids is 1. The van der Waals surface area contributed by atoms with Gasteiger partial charge < -0.3 is 15.3 Å². The van der Waals surface area contributed by atoms with Crippen LogP contribution in [-0.2, 0) is 0 Å². The van der Waals surface area contributed by atoms with E-state index in [0.717, 1.165) is 0 Å². The lowest BCUT2D eigenvalue weighted by Crippen LogP contribution is -2.25. The van der Waals surface area contributed by atoms with Gasteiger partial charge in [0.25, 0.3) is 5.91 Å². The van der Waals surface area contributed by atoms with Gasteiger partial charge in [0.2, 0.25) is 0 Å². The Kier molecular flexibility index (Phi) is 4.07. The Morgan fingerprint density at radius 1 is 0.708 bits per heavy atom. The number of carbonyl (C=O) groups is 1. The molecule has 24 heavy (non-hydrogen) atoms. The van der Waals surface area contributed by atoms with Gasteiger partial charge in [-0.1, -0.05) is 18.2 Å². The van der Waals surface area contributed by atoms with Crippen LogP contribution in [0.25, 0.3) is 0 Å². The van der Waals surface area contributed by atoms with Crippen LogP contribution in [0.5, 0.6) is 17.2 Å². The molecule has 120 valence electrons. The molecule has 5 nitrogen and oxygen atoms in total. The minimum Gasteiger partial charge on any atom is -0.508 e. The summed E-state index contributed by atoms with van der Waals surface area (Å²) in [6.07, 6.45) is 0. The summed E-state index contributed by atoms with van der Waals surface area (Å²) in [6.45, 7) is 0. The van der Waals surface area contributed by atoms with Gasteiger partial charge in [-0.05, 0) is 48.5 Å². The standard InChI is InChI=1S/C19H15NO4/c21-15-10-8-13(9-11-15)20(14-4-3-5-16(22)12-14)19(24)17-6-1-2-7-18(17)23/h1-12,21-23H. The van der Waals surface area contributed by atoms with Crippen molar-refractivity contribution in [2.75, 3.05) is 4.90 Å². The Bertz CT molecular complexity index is 875. The van der Waals surface area contributed by atoms with E-state index in [9.17, 15) is 20.1 Å². The number of anilines is 2. The van der Waals surface area contributed by atoms with Gasteiger partial charge in [0.05, 0.1) is 11.3 Å². The number of rotatable bonds is 3. The molecular weight excluding hydrogens is 306 g/mol. The zero-order chi connectivity index (χ0) is 17.1. The fourth-order valence-corrected chi connectivity index (χ4v) is 2.39. The van der Waals surface area contributed by atoms with Gasteiger partial charge in [-0.2, -0.15) is 0 Å². The molecule has 0 radical (unpaired) electrons. The summed E-state index contributed by atoms with van der Waals surface area (Å²) in [6, 6.07) is 18.6. The van der Waals surface area contributed by atoms with E-state index in [1.54, 1.807) is 36.4 Å². The van der Waals surface area contributed by atoms with E-state index in [1.807, 2.05) is 0 Å². The lowest BCUT2D eigenvalue weighted by molar-refractivity contribution is 0.0996. The summed E-state index contributed by atoms with van der Waals surface area (Å²) in [5.74, 6) is -0.498. The van der Waals surface area contributed by atoms with Crippen molar-refractivity contribution in [3.05, 3.63) is 78.4 Å². The molecule has 0 saturated heterocycles. The van der Waals surface area contributed by atoms with Crippen molar-refractivity contribution < 1.29 is 20.1 Å². The Balaban J connectivity index is 2.13. The summed E-state index contributed by atoms with van der Waals surface area (Å²) < 4.78 is 0. The highest BCUT2D eigenvalue weighted by atomic mass is 16.3. The monoisotopic (exact) mass is 321 g/mol. The van der Waals surface area contributed by atoms with Crippen molar-refractivity contribution in [1.82, 2.24) is 0 Å². The molecule has 0 atom stereocenters. The summed E-state index contributed by atoms with van der Waals surface area (Å²) in [5.41, 5.74) is 1.06. The number of amides is 1. The third kappa shape index (κ3) is 3.01. The highest BCUT2D eigenvalue weighted by Gasteiger charge is 2.22. The van der Waals surface area contributed by atoms with Crippen molar-refractivity contribution in [3.63, 3.8) is 0 Å². The highest BCUT2D eigenvalue weighted by Crippen LogP contribution is 2.32. The zero-order valence-corrected chi connectivity index (χ0v) is 12.6. The lowest BCUT2D eigenvalue weighted by atomic mass is 10.1. The zero-order valence-electron chi connectivity index (χ0n) is 12.6. The second kappa shape index (κ2) is 6.34. The quantitative estimate of drug-likeness (QED) is 0.686. The van der Waals surface area contributed by atoms with Gasteiger partial charge >= 0.3 is 0 Å². The van der Waals surface area contributed by atoms with Gasteiger partial charge in [-0.15, -0.1) is 0 Å². The second-order valence-electron chi connectivity index (χ2n) is 5.19. The van der Waals surface area contributed by atoms with Gasteiger partial charge in [0.1, 0.15) is 17.2 Å². The van der Waals surface area contributed by atoms with Crippen molar-refractivity contribution in [2.45, 2.75) is 0 Å². The number of hydrogen-bond acceptors (Lipinski definition) is 4. The summed E-state index contributed by atoms with van der Waals surface area (Å²) in [7, 11) is 0. The van der Waals surface area contributed by atoms with Gasteiger partial charge in [-0.25, -0.2) is 0 Å². The van der Waals surface area contributed by atoms with E-state index in [-0.39, 0.29) is 22.8 Å². The van der Waals surface area contributed by atoms with E-state index in [4.69, 9.17) is 0 Å². The number of hydrogen-bond donors (Lipinski definition) is 3. The molecule has 3 aromatic carbocycles. The minimum atomic E-state index is -0.454. The Hall–Kier alpha value is -3.47. The average Bonchev–Trinajstić information content (AvgIpc) is 2.57. The molecule has 0 fully saturated rings. The van der Waals surface area contributed by atoms with Gasteiger partial charge in [-0.3, -0.25) is 9.69 Å². The normalized spacial score (nSPS) is 10.3. The molecule has 0 aliphatic heterocycles. The van der Waals surface area contributed by atoms with Crippen LogP contribution < -0.4 is 4.90 Å².